The lowest BCUT2D eigenvalue weighted by Gasteiger charge is -2.28. The van der Waals surface area contributed by atoms with Crippen LogP contribution in [0.15, 0.2) is 6.20 Å². The van der Waals surface area contributed by atoms with Crippen molar-refractivity contribution in [2.75, 3.05) is 36.9 Å². The zero-order valence-corrected chi connectivity index (χ0v) is 13.0. The number of rotatable bonds is 5. The Balaban J connectivity index is 1.95. The van der Waals surface area contributed by atoms with Gasteiger partial charge in [-0.2, -0.15) is 9.97 Å². The molecule has 0 spiro atoms. The van der Waals surface area contributed by atoms with Crippen molar-refractivity contribution in [2.24, 2.45) is 0 Å². The number of aromatic nitrogens is 4. The first kappa shape index (κ1) is 14.9. The number of aryl methyl sites for hydroxylation is 1. The Bertz CT molecular complexity index is 641. The molecule has 2 N–H and O–H groups in total. The predicted octanol–water partition coefficient (Wildman–Crippen LogP) is 1.57. The maximum absolute atomic E-state index is 5.82. The lowest BCUT2D eigenvalue weighted by atomic mass is 10.1. The normalized spacial score (nSPS) is 15.4. The second kappa shape index (κ2) is 6.83. The number of morpholine rings is 1. The number of nitrogen functional groups attached to an aromatic ring is 1. The number of hydrogen-bond donors (Lipinski definition) is 1. The summed E-state index contributed by atoms with van der Waals surface area (Å²) in [4.78, 5) is 19.9. The van der Waals surface area contributed by atoms with Gasteiger partial charge in [0.15, 0.2) is 17.0 Å². The van der Waals surface area contributed by atoms with Gasteiger partial charge in [-0.1, -0.05) is 19.8 Å². The number of anilines is 2. The molecule has 118 valence electrons. The Labute approximate surface area is 129 Å². The van der Waals surface area contributed by atoms with Crippen LogP contribution in [0.1, 0.15) is 31.9 Å². The lowest BCUT2D eigenvalue weighted by molar-refractivity contribution is 0.122. The molecule has 0 atom stereocenters. The van der Waals surface area contributed by atoms with Gasteiger partial charge < -0.3 is 15.4 Å². The summed E-state index contributed by atoms with van der Waals surface area (Å²) in [5, 5.41) is 0. The highest BCUT2D eigenvalue weighted by atomic mass is 16.5. The first-order valence-corrected chi connectivity index (χ1v) is 7.89. The number of fused-ring (bicyclic) bond motifs is 1. The van der Waals surface area contributed by atoms with E-state index in [1.54, 1.807) is 6.20 Å². The van der Waals surface area contributed by atoms with Crippen LogP contribution in [-0.2, 0) is 11.2 Å². The zero-order chi connectivity index (χ0) is 15.4. The Kier molecular flexibility index (Phi) is 4.62. The molecule has 0 radical (unpaired) electrons. The Morgan fingerprint density at radius 3 is 2.77 bits per heavy atom. The molecular weight excluding hydrogens is 280 g/mol. The van der Waals surface area contributed by atoms with Crippen LogP contribution in [0, 0.1) is 0 Å². The summed E-state index contributed by atoms with van der Waals surface area (Å²) in [5.41, 5.74) is 8.11. The fourth-order valence-electron chi connectivity index (χ4n) is 2.62. The van der Waals surface area contributed by atoms with Gasteiger partial charge >= 0.3 is 0 Å². The van der Waals surface area contributed by atoms with Crippen LogP contribution in [0.5, 0.6) is 0 Å². The smallest absolute Gasteiger partial charge is 0.224 e. The van der Waals surface area contributed by atoms with Crippen molar-refractivity contribution in [2.45, 2.75) is 32.6 Å². The minimum Gasteiger partial charge on any atom is -0.378 e. The minimum atomic E-state index is 0.238. The van der Waals surface area contributed by atoms with Crippen LogP contribution in [0.3, 0.4) is 0 Å². The number of hydrogen-bond acceptors (Lipinski definition) is 7. The Morgan fingerprint density at radius 1 is 1.18 bits per heavy atom. The molecule has 0 bridgehead atoms. The summed E-state index contributed by atoms with van der Waals surface area (Å²) >= 11 is 0. The van der Waals surface area contributed by atoms with Gasteiger partial charge in [-0.25, -0.2) is 9.97 Å². The summed E-state index contributed by atoms with van der Waals surface area (Å²) in [6, 6.07) is 0. The van der Waals surface area contributed by atoms with Crippen molar-refractivity contribution in [3.05, 3.63) is 11.9 Å². The summed E-state index contributed by atoms with van der Waals surface area (Å²) in [7, 11) is 0. The fraction of sp³-hybridized carbons (Fsp3) is 0.600. The number of nitrogens with zero attached hydrogens (tertiary/aromatic N) is 5. The van der Waals surface area contributed by atoms with Crippen LogP contribution in [0.2, 0.25) is 0 Å². The first-order chi connectivity index (χ1) is 10.8. The second-order valence-corrected chi connectivity index (χ2v) is 5.50. The van der Waals surface area contributed by atoms with Crippen LogP contribution in [-0.4, -0.2) is 46.2 Å². The third kappa shape index (κ3) is 3.24. The van der Waals surface area contributed by atoms with Gasteiger partial charge in [0, 0.05) is 13.1 Å². The van der Waals surface area contributed by atoms with Crippen molar-refractivity contribution in [1.82, 2.24) is 19.9 Å². The maximum atomic E-state index is 5.82. The standard InChI is InChI=1S/C15H22N6O/c1-2-3-4-5-11-10-17-13-12(18-11)14(20-15(16)19-13)21-6-8-22-9-7-21/h10H,2-9H2,1H3,(H2,16,17,19,20). The summed E-state index contributed by atoms with van der Waals surface area (Å²) < 4.78 is 5.40. The molecule has 7 heteroatoms. The highest BCUT2D eigenvalue weighted by Crippen LogP contribution is 2.23. The molecule has 2 aromatic rings. The summed E-state index contributed by atoms with van der Waals surface area (Å²) in [5.74, 6) is 1.01. The van der Waals surface area contributed by atoms with Crippen molar-refractivity contribution in [3.8, 4) is 0 Å². The third-order valence-corrected chi connectivity index (χ3v) is 3.80. The Hall–Kier alpha value is -2.02. The molecule has 0 amide bonds. The zero-order valence-electron chi connectivity index (χ0n) is 13.0. The van der Waals surface area contributed by atoms with Crippen LogP contribution >= 0.6 is 0 Å². The molecule has 3 rings (SSSR count). The highest BCUT2D eigenvalue weighted by molar-refractivity contribution is 5.84. The molecule has 0 saturated carbocycles. The van der Waals surface area contributed by atoms with E-state index in [0.717, 1.165) is 43.0 Å². The molecule has 22 heavy (non-hydrogen) atoms. The monoisotopic (exact) mass is 302 g/mol. The molecule has 1 saturated heterocycles. The largest absolute Gasteiger partial charge is 0.378 e. The van der Waals surface area contributed by atoms with Crippen molar-refractivity contribution in [3.63, 3.8) is 0 Å². The van der Waals surface area contributed by atoms with Crippen LogP contribution < -0.4 is 10.6 Å². The molecule has 0 aliphatic carbocycles. The van der Waals surface area contributed by atoms with Gasteiger partial charge in [-0.05, 0) is 12.8 Å². The molecule has 1 aliphatic heterocycles. The molecule has 3 heterocycles. The average Bonchev–Trinajstić information content (AvgIpc) is 2.55. The molecule has 2 aromatic heterocycles. The van der Waals surface area contributed by atoms with E-state index < -0.39 is 0 Å². The van der Waals surface area contributed by atoms with E-state index in [1.807, 2.05) is 0 Å². The highest BCUT2D eigenvalue weighted by Gasteiger charge is 2.18. The molecule has 0 aromatic carbocycles. The van der Waals surface area contributed by atoms with Gasteiger partial charge in [0.25, 0.3) is 0 Å². The minimum absolute atomic E-state index is 0.238. The van der Waals surface area contributed by atoms with E-state index in [4.69, 9.17) is 15.5 Å². The van der Waals surface area contributed by atoms with E-state index in [2.05, 4.69) is 26.8 Å². The summed E-state index contributed by atoms with van der Waals surface area (Å²) in [6.45, 7) is 5.14. The fourth-order valence-corrected chi connectivity index (χ4v) is 2.62. The van der Waals surface area contributed by atoms with Crippen molar-refractivity contribution >= 4 is 22.9 Å². The number of unbranched alkanes of at least 4 members (excludes halogenated alkanes) is 2. The third-order valence-electron chi connectivity index (χ3n) is 3.80. The molecule has 0 unspecified atom stereocenters. The van der Waals surface area contributed by atoms with Gasteiger partial charge in [-0.15, -0.1) is 0 Å². The predicted molar refractivity (Wildman–Crippen MR) is 85.8 cm³/mol. The number of nitrogens with two attached hydrogens (primary N) is 1. The molecule has 1 aliphatic rings. The quantitative estimate of drug-likeness (QED) is 0.838. The van der Waals surface area contributed by atoms with E-state index in [-0.39, 0.29) is 5.95 Å². The van der Waals surface area contributed by atoms with E-state index in [1.165, 1.54) is 12.8 Å². The topological polar surface area (TPSA) is 90.0 Å². The van der Waals surface area contributed by atoms with Gasteiger partial charge in [0.2, 0.25) is 5.95 Å². The van der Waals surface area contributed by atoms with E-state index >= 15 is 0 Å². The van der Waals surface area contributed by atoms with E-state index in [0.29, 0.717) is 18.9 Å². The van der Waals surface area contributed by atoms with Gasteiger partial charge in [0.05, 0.1) is 25.1 Å². The van der Waals surface area contributed by atoms with Crippen molar-refractivity contribution < 1.29 is 4.74 Å². The molecule has 7 nitrogen and oxygen atoms in total. The second-order valence-electron chi connectivity index (χ2n) is 5.50. The maximum Gasteiger partial charge on any atom is 0.224 e. The SMILES string of the molecule is CCCCCc1cnc2nc(N)nc(N3CCOCC3)c2n1. The van der Waals surface area contributed by atoms with Gasteiger partial charge in [0.1, 0.15) is 0 Å². The van der Waals surface area contributed by atoms with Gasteiger partial charge in [-0.3, -0.25) is 0 Å². The average molecular weight is 302 g/mol. The Morgan fingerprint density at radius 2 is 2.00 bits per heavy atom. The molecule has 1 fully saturated rings. The van der Waals surface area contributed by atoms with E-state index in [9.17, 15) is 0 Å². The first-order valence-electron chi connectivity index (χ1n) is 7.89. The van der Waals surface area contributed by atoms with Crippen molar-refractivity contribution in [1.29, 1.82) is 0 Å². The lowest BCUT2D eigenvalue weighted by Crippen LogP contribution is -2.37. The van der Waals surface area contributed by atoms with Crippen LogP contribution in [0.25, 0.3) is 11.2 Å². The molecular formula is C15H22N6O. The summed E-state index contributed by atoms with van der Waals surface area (Å²) in [6.07, 6.45) is 6.25. The number of ether oxygens (including phenoxy) is 1. The van der Waals surface area contributed by atoms with Crippen LogP contribution in [0.4, 0.5) is 11.8 Å².